The number of ether oxygens (including phenoxy) is 4. The maximum Gasteiger partial charge on any atom is 0.408 e. The largest absolute Gasteiger partial charge is 0.449 e. The molecule has 1 aromatic rings. The maximum absolute atomic E-state index is 12.5. The van der Waals surface area contributed by atoms with Gasteiger partial charge in [-0.2, -0.15) is 0 Å². The summed E-state index contributed by atoms with van der Waals surface area (Å²) >= 11 is 0. The molecule has 1 saturated carbocycles. The molecule has 42 heavy (non-hydrogen) atoms. The number of benzene rings is 1. The number of rotatable bonds is 18. The molecule has 0 heterocycles. The minimum absolute atomic E-state index is 0.0389. The summed E-state index contributed by atoms with van der Waals surface area (Å²) in [7, 11) is 0. The van der Waals surface area contributed by atoms with Crippen LogP contribution in [0.4, 0.5) is 9.59 Å². The van der Waals surface area contributed by atoms with Crippen molar-refractivity contribution in [1.29, 1.82) is 0 Å². The number of carbonyl (C=O) groups excluding carboxylic acids is 4. The van der Waals surface area contributed by atoms with E-state index < -0.39 is 30.0 Å². The van der Waals surface area contributed by atoms with Gasteiger partial charge in [0.05, 0.1) is 33.0 Å². The average Bonchev–Trinajstić information content (AvgIpc) is 3.62. The molecule has 0 aliphatic heterocycles. The number of amides is 4. The Morgan fingerprint density at radius 2 is 1.48 bits per heavy atom. The normalized spacial score (nSPS) is 19.8. The minimum atomic E-state index is -0.983. The molecule has 3 atom stereocenters. The van der Waals surface area contributed by atoms with E-state index >= 15 is 0 Å². The van der Waals surface area contributed by atoms with E-state index in [1.165, 1.54) is 12.8 Å². The van der Waals surface area contributed by atoms with Crippen molar-refractivity contribution >= 4 is 24.0 Å². The number of allylic oxidation sites excluding steroid dienone is 2. The average molecular weight is 589 g/mol. The predicted octanol–water partition coefficient (Wildman–Crippen LogP) is 2.41. The van der Waals surface area contributed by atoms with Gasteiger partial charge in [0.1, 0.15) is 12.6 Å². The third kappa shape index (κ3) is 12.9. The quantitative estimate of drug-likeness (QED) is 0.150. The second kappa shape index (κ2) is 18.7. The van der Waals surface area contributed by atoms with Crippen LogP contribution >= 0.6 is 0 Å². The first-order chi connectivity index (χ1) is 20.4. The second-order valence-electron chi connectivity index (χ2n) is 10.4. The molecule has 0 radical (unpaired) electrons. The van der Waals surface area contributed by atoms with Crippen LogP contribution in [-0.4, -0.2) is 76.2 Å². The van der Waals surface area contributed by atoms with Crippen molar-refractivity contribution < 1.29 is 38.1 Å². The summed E-state index contributed by atoms with van der Waals surface area (Å²) in [5.41, 5.74) is 6.00. The Bertz CT molecular complexity index is 1010. The van der Waals surface area contributed by atoms with Crippen molar-refractivity contribution in [3.8, 4) is 0 Å². The second-order valence-corrected chi connectivity index (χ2v) is 10.4. The summed E-state index contributed by atoms with van der Waals surface area (Å²) in [6, 6.07) is 8.13. The van der Waals surface area contributed by atoms with Gasteiger partial charge in [-0.25, -0.2) is 9.59 Å². The third-order valence-electron chi connectivity index (χ3n) is 7.35. The summed E-state index contributed by atoms with van der Waals surface area (Å²) in [4.78, 5) is 47.8. The molecule has 0 aromatic heterocycles. The summed E-state index contributed by atoms with van der Waals surface area (Å²) in [5, 5.41) is 7.84. The first-order valence-electron chi connectivity index (χ1n) is 14.7. The molecule has 2 aliphatic carbocycles. The Morgan fingerprint density at radius 3 is 2.12 bits per heavy atom. The van der Waals surface area contributed by atoms with E-state index in [4.69, 9.17) is 24.7 Å². The molecule has 1 aromatic carbocycles. The molecule has 0 bridgehead atoms. The number of primary amides is 1. The minimum Gasteiger partial charge on any atom is -0.449 e. The fraction of sp³-hybridized carbons (Fsp3) is 0.600. The number of hydrogen-bond donors (Lipinski definition) is 4. The van der Waals surface area contributed by atoms with Gasteiger partial charge in [-0.15, -0.1) is 0 Å². The number of hydrogen-bond acceptors (Lipinski definition) is 8. The van der Waals surface area contributed by atoms with Gasteiger partial charge in [0.2, 0.25) is 11.8 Å². The number of nitrogens with two attached hydrogens (primary N) is 1. The smallest absolute Gasteiger partial charge is 0.408 e. The Morgan fingerprint density at radius 1 is 0.833 bits per heavy atom. The first kappa shape index (κ1) is 32.9. The molecule has 232 valence electrons. The topological polar surface area (TPSA) is 167 Å². The third-order valence-corrected chi connectivity index (χ3v) is 7.35. The monoisotopic (exact) mass is 588 g/mol. The number of alkyl carbamates (subject to hydrolysis) is 2. The Kier molecular flexibility index (Phi) is 14.7. The zero-order valence-electron chi connectivity index (χ0n) is 24.1. The van der Waals surface area contributed by atoms with Gasteiger partial charge in [-0.3, -0.25) is 9.59 Å². The molecule has 0 spiro atoms. The van der Waals surface area contributed by atoms with Gasteiger partial charge in [-0.1, -0.05) is 42.5 Å². The van der Waals surface area contributed by atoms with E-state index in [1.54, 1.807) is 0 Å². The van der Waals surface area contributed by atoms with Crippen LogP contribution in [0, 0.1) is 17.8 Å². The molecule has 2 aliphatic rings. The van der Waals surface area contributed by atoms with Gasteiger partial charge in [0.15, 0.2) is 0 Å². The van der Waals surface area contributed by atoms with Gasteiger partial charge in [-0.05, 0) is 55.4 Å². The van der Waals surface area contributed by atoms with E-state index in [-0.39, 0.29) is 32.6 Å². The van der Waals surface area contributed by atoms with Gasteiger partial charge in [0.25, 0.3) is 0 Å². The van der Waals surface area contributed by atoms with Gasteiger partial charge in [0, 0.05) is 19.5 Å². The highest BCUT2D eigenvalue weighted by Crippen LogP contribution is 2.52. The van der Waals surface area contributed by atoms with Crippen LogP contribution < -0.4 is 21.7 Å². The SMILES string of the molecule is NC(=O)CCC(NC(=O)OCc1ccccc1)C(=O)NCCOCCOCCNC(=O)OCC1C2CCC=CCCC21. The predicted molar refractivity (Wildman–Crippen MR) is 154 cm³/mol. The summed E-state index contributed by atoms with van der Waals surface area (Å²) in [5.74, 6) is 0.811. The van der Waals surface area contributed by atoms with E-state index in [0.29, 0.717) is 50.7 Å². The zero-order valence-corrected chi connectivity index (χ0v) is 24.1. The molecule has 3 rings (SSSR count). The molecule has 1 fully saturated rings. The standard InChI is InChI=1S/C30H44N4O8/c31-27(35)13-12-26(34-30(38)41-20-22-8-4-3-5-9-22)28(36)32-14-16-39-18-19-40-17-15-33-29(37)42-21-25-23-10-6-1-2-7-11-24(23)25/h1-5,8-9,23-26H,6-7,10-21H2,(H2,31,35)(H,32,36)(H,33,37)(H,34,38). The highest BCUT2D eigenvalue weighted by atomic mass is 16.6. The highest BCUT2D eigenvalue weighted by molar-refractivity contribution is 5.86. The van der Waals surface area contributed by atoms with Crippen LogP contribution in [-0.2, 0) is 35.1 Å². The number of nitrogens with one attached hydrogen (secondary N) is 3. The lowest BCUT2D eigenvalue weighted by atomic mass is 10.1. The lowest BCUT2D eigenvalue weighted by Crippen LogP contribution is -2.48. The van der Waals surface area contributed by atoms with Crippen LogP contribution in [0.2, 0.25) is 0 Å². The van der Waals surface area contributed by atoms with Crippen molar-refractivity contribution in [2.24, 2.45) is 23.5 Å². The van der Waals surface area contributed by atoms with E-state index in [2.05, 4.69) is 28.1 Å². The first-order valence-corrected chi connectivity index (χ1v) is 14.7. The maximum atomic E-state index is 12.5. The zero-order chi connectivity index (χ0) is 30.0. The van der Waals surface area contributed by atoms with Crippen molar-refractivity contribution in [1.82, 2.24) is 16.0 Å². The fourth-order valence-corrected chi connectivity index (χ4v) is 5.04. The van der Waals surface area contributed by atoms with Crippen LogP contribution in [0.25, 0.3) is 0 Å². The van der Waals surface area contributed by atoms with Crippen molar-refractivity contribution in [2.45, 2.75) is 51.2 Å². The molecule has 3 unspecified atom stereocenters. The number of fused-ring (bicyclic) bond motifs is 1. The van der Waals surface area contributed by atoms with E-state index in [1.807, 2.05) is 30.3 Å². The summed E-state index contributed by atoms with van der Waals surface area (Å²) in [6.45, 7) is 2.22. The Labute approximate surface area is 247 Å². The van der Waals surface area contributed by atoms with Crippen LogP contribution in [0.1, 0.15) is 44.1 Å². The van der Waals surface area contributed by atoms with Crippen LogP contribution in [0.15, 0.2) is 42.5 Å². The van der Waals surface area contributed by atoms with Crippen molar-refractivity contribution in [3.63, 3.8) is 0 Å². The lowest BCUT2D eigenvalue weighted by molar-refractivity contribution is -0.123. The van der Waals surface area contributed by atoms with Crippen LogP contribution in [0.3, 0.4) is 0 Å². The Hall–Kier alpha value is -3.64. The van der Waals surface area contributed by atoms with Crippen LogP contribution in [0.5, 0.6) is 0 Å². The molecular weight excluding hydrogens is 544 g/mol. The fourth-order valence-electron chi connectivity index (χ4n) is 5.04. The van der Waals surface area contributed by atoms with E-state index in [9.17, 15) is 19.2 Å². The summed E-state index contributed by atoms with van der Waals surface area (Å²) < 4.78 is 21.5. The van der Waals surface area contributed by atoms with Gasteiger partial charge >= 0.3 is 12.2 Å². The molecule has 12 nitrogen and oxygen atoms in total. The van der Waals surface area contributed by atoms with Gasteiger partial charge < -0.3 is 40.6 Å². The molecule has 5 N–H and O–H groups in total. The lowest BCUT2D eigenvalue weighted by Gasteiger charge is -2.18. The molecule has 0 saturated heterocycles. The Balaban J connectivity index is 1.17. The van der Waals surface area contributed by atoms with Crippen molar-refractivity contribution in [2.75, 3.05) is 46.1 Å². The molecule has 12 heteroatoms. The van der Waals surface area contributed by atoms with Crippen molar-refractivity contribution in [3.05, 3.63) is 48.0 Å². The molecule has 4 amide bonds. The van der Waals surface area contributed by atoms with E-state index in [0.717, 1.165) is 18.4 Å². The number of carbonyl (C=O) groups is 4. The summed E-state index contributed by atoms with van der Waals surface area (Å²) in [6.07, 6.45) is 7.87. The molecular formula is C30H44N4O8. The highest BCUT2D eigenvalue weighted by Gasteiger charge is 2.49.